The summed E-state index contributed by atoms with van der Waals surface area (Å²) >= 11 is 1.24. The lowest BCUT2D eigenvalue weighted by Gasteiger charge is -2.19. The van der Waals surface area contributed by atoms with E-state index in [9.17, 15) is 4.79 Å². The SMILES string of the molecule is C=C1OC(Oc2ncc(C(=O)NCCC(CCC)CCC)s2)CN1C(C)C. The fourth-order valence-corrected chi connectivity index (χ4v) is 4.05. The molecule has 2 rings (SSSR count). The highest BCUT2D eigenvalue weighted by molar-refractivity contribution is 7.15. The van der Waals surface area contributed by atoms with E-state index in [0.717, 1.165) is 6.42 Å². The smallest absolute Gasteiger partial charge is 0.277 e. The number of nitrogens with one attached hydrogen (secondary N) is 1. The molecule has 1 N–H and O–H groups in total. The summed E-state index contributed by atoms with van der Waals surface area (Å²) in [5.41, 5.74) is 0. The fourth-order valence-electron chi connectivity index (χ4n) is 3.34. The molecule has 6 nitrogen and oxygen atoms in total. The number of carbonyl (C=O) groups is 1. The number of ether oxygens (including phenoxy) is 2. The van der Waals surface area contributed by atoms with E-state index in [0.29, 0.717) is 41.0 Å². The number of hydrogen-bond acceptors (Lipinski definition) is 6. The van der Waals surface area contributed by atoms with E-state index in [1.165, 1.54) is 37.0 Å². The first-order valence-electron chi connectivity index (χ1n) is 9.97. The first kappa shape index (κ1) is 21.5. The van der Waals surface area contributed by atoms with Gasteiger partial charge in [0, 0.05) is 12.6 Å². The predicted molar refractivity (Wildman–Crippen MR) is 109 cm³/mol. The summed E-state index contributed by atoms with van der Waals surface area (Å²) in [5, 5.41) is 3.45. The van der Waals surface area contributed by atoms with Crippen molar-refractivity contribution in [3.63, 3.8) is 0 Å². The lowest BCUT2D eigenvalue weighted by Crippen LogP contribution is -2.29. The number of rotatable bonds is 11. The highest BCUT2D eigenvalue weighted by atomic mass is 32.1. The van der Waals surface area contributed by atoms with Crippen molar-refractivity contribution < 1.29 is 14.3 Å². The van der Waals surface area contributed by atoms with Gasteiger partial charge in [-0.2, -0.15) is 0 Å². The Balaban J connectivity index is 1.79. The van der Waals surface area contributed by atoms with Crippen LogP contribution in [0.15, 0.2) is 18.7 Å². The van der Waals surface area contributed by atoms with Crippen LogP contribution >= 0.6 is 11.3 Å². The van der Waals surface area contributed by atoms with Crippen LogP contribution in [0.4, 0.5) is 0 Å². The summed E-state index contributed by atoms with van der Waals surface area (Å²) in [7, 11) is 0. The molecule has 1 aromatic rings. The molecular formula is C20H33N3O3S. The van der Waals surface area contributed by atoms with E-state index >= 15 is 0 Å². The molecule has 7 heteroatoms. The zero-order valence-corrected chi connectivity index (χ0v) is 17.8. The van der Waals surface area contributed by atoms with E-state index in [2.05, 4.69) is 44.6 Å². The molecule has 0 spiro atoms. The summed E-state index contributed by atoms with van der Waals surface area (Å²) in [4.78, 5) is 19.1. The van der Waals surface area contributed by atoms with Crippen LogP contribution in [0.5, 0.6) is 5.19 Å². The number of carbonyl (C=O) groups excluding carboxylic acids is 1. The third-order valence-electron chi connectivity index (χ3n) is 4.73. The molecule has 0 bridgehead atoms. The van der Waals surface area contributed by atoms with Crippen LogP contribution < -0.4 is 10.1 Å². The van der Waals surface area contributed by atoms with Gasteiger partial charge in [0.05, 0.1) is 12.7 Å². The van der Waals surface area contributed by atoms with Gasteiger partial charge in [-0.3, -0.25) is 4.79 Å². The van der Waals surface area contributed by atoms with E-state index in [-0.39, 0.29) is 5.91 Å². The van der Waals surface area contributed by atoms with Crippen molar-refractivity contribution in [1.82, 2.24) is 15.2 Å². The zero-order chi connectivity index (χ0) is 19.8. The molecule has 1 amide bonds. The molecule has 0 aromatic carbocycles. The van der Waals surface area contributed by atoms with Crippen molar-refractivity contribution >= 4 is 17.2 Å². The Morgan fingerprint density at radius 1 is 1.41 bits per heavy atom. The molecule has 2 heterocycles. The summed E-state index contributed by atoms with van der Waals surface area (Å²) < 4.78 is 11.4. The first-order chi connectivity index (χ1) is 12.9. The standard InChI is InChI=1S/C20H33N3O3S/c1-6-8-16(9-7-2)10-11-21-19(24)17-12-22-20(27-17)26-18-13-23(14(3)4)15(5)25-18/h12,14,16,18H,5-11,13H2,1-4H3,(H,21,24). The van der Waals surface area contributed by atoms with E-state index < -0.39 is 6.29 Å². The number of aromatic nitrogens is 1. The van der Waals surface area contributed by atoms with Gasteiger partial charge in [-0.1, -0.05) is 50.9 Å². The van der Waals surface area contributed by atoms with Gasteiger partial charge in [-0.15, -0.1) is 0 Å². The average molecular weight is 396 g/mol. The number of amides is 1. The molecule has 27 heavy (non-hydrogen) atoms. The van der Waals surface area contributed by atoms with Gasteiger partial charge >= 0.3 is 0 Å². The molecule has 1 saturated heterocycles. The summed E-state index contributed by atoms with van der Waals surface area (Å²) in [5.74, 6) is 1.21. The van der Waals surface area contributed by atoms with Crippen LogP contribution in [0.25, 0.3) is 0 Å². The molecule has 152 valence electrons. The van der Waals surface area contributed by atoms with Gasteiger partial charge in [0.15, 0.2) is 5.88 Å². The van der Waals surface area contributed by atoms with Crippen molar-refractivity contribution in [3.8, 4) is 5.19 Å². The van der Waals surface area contributed by atoms with E-state index in [1.54, 1.807) is 6.20 Å². The number of thiazole rings is 1. The third kappa shape index (κ3) is 6.41. The Hall–Kier alpha value is -1.76. The topological polar surface area (TPSA) is 63.7 Å². The van der Waals surface area contributed by atoms with E-state index in [1.807, 2.05) is 4.90 Å². The van der Waals surface area contributed by atoms with Gasteiger partial charge in [0.25, 0.3) is 17.4 Å². The monoisotopic (exact) mass is 395 g/mol. The van der Waals surface area contributed by atoms with Gasteiger partial charge in [0.2, 0.25) is 0 Å². The fraction of sp³-hybridized carbons (Fsp3) is 0.700. The molecule has 1 atom stereocenters. The van der Waals surface area contributed by atoms with Gasteiger partial charge in [-0.05, 0) is 32.8 Å². The van der Waals surface area contributed by atoms with Crippen LogP contribution in [0.3, 0.4) is 0 Å². The lowest BCUT2D eigenvalue weighted by atomic mass is 9.95. The maximum Gasteiger partial charge on any atom is 0.277 e. The van der Waals surface area contributed by atoms with Crippen LogP contribution in [-0.2, 0) is 4.74 Å². The second-order valence-electron chi connectivity index (χ2n) is 7.28. The molecule has 1 fully saturated rings. The lowest BCUT2D eigenvalue weighted by molar-refractivity contribution is -0.00478. The number of nitrogens with zero attached hydrogens (tertiary/aromatic N) is 2. The average Bonchev–Trinajstić information content (AvgIpc) is 3.22. The summed E-state index contributed by atoms with van der Waals surface area (Å²) in [6.45, 7) is 13.8. The normalized spacial score (nSPS) is 16.9. The molecular weight excluding hydrogens is 362 g/mol. The quantitative estimate of drug-likeness (QED) is 0.602. The maximum atomic E-state index is 12.3. The second kappa shape index (κ2) is 10.5. The maximum absolute atomic E-state index is 12.3. The molecule has 1 aliphatic rings. The minimum absolute atomic E-state index is 0.0883. The number of hydrogen-bond donors (Lipinski definition) is 1. The van der Waals surface area contributed by atoms with E-state index in [4.69, 9.17) is 9.47 Å². The van der Waals surface area contributed by atoms with Crippen LogP contribution in [0.2, 0.25) is 0 Å². The first-order valence-corrected chi connectivity index (χ1v) is 10.8. The van der Waals surface area contributed by atoms with Gasteiger partial charge in [0.1, 0.15) is 4.88 Å². The largest absolute Gasteiger partial charge is 0.438 e. The Morgan fingerprint density at radius 3 is 2.70 bits per heavy atom. The Bertz CT molecular complexity index is 611. The van der Waals surface area contributed by atoms with Crippen LogP contribution in [-0.4, -0.2) is 41.2 Å². The Kier molecular flexibility index (Phi) is 8.41. The third-order valence-corrected chi connectivity index (χ3v) is 5.62. The van der Waals surface area contributed by atoms with Gasteiger partial charge in [-0.25, -0.2) is 4.98 Å². The summed E-state index contributed by atoms with van der Waals surface area (Å²) in [6.07, 6.45) is 6.99. The highest BCUT2D eigenvalue weighted by Crippen LogP contribution is 2.27. The molecule has 1 aliphatic heterocycles. The van der Waals surface area contributed by atoms with Crippen molar-refractivity contribution in [1.29, 1.82) is 0 Å². The summed E-state index contributed by atoms with van der Waals surface area (Å²) in [6, 6.07) is 0.299. The minimum atomic E-state index is -0.439. The van der Waals surface area contributed by atoms with Crippen molar-refractivity contribution in [2.24, 2.45) is 5.92 Å². The van der Waals surface area contributed by atoms with Crippen molar-refractivity contribution in [2.45, 2.75) is 72.1 Å². The predicted octanol–water partition coefficient (Wildman–Crippen LogP) is 4.40. The van der Waals surface area contributed by atoms with Crippen molar-refractivity contribution in [2.75, 3.05) is 13.1 Å². The molecule has 0 aliphatic carbocycles. The molecule has 1 aromatic heterocycles. The second-order valence-corrected chi connectivity index (χ2v) is 8.28. The zero-order valence-electron chi connectivity index (χ0n) is 17.0. The molecule has 0 radical (unpaired) electrons. The molecule has 0 saturated carbocycles. The highest BCUT2D eigenvalue weighted by Gasteiger charge is 2.30. The van der Waals surface area contributed by atoms with Crippen molar-refractivity contribution in [3.05, 3.63) is 23.5 Å². The van der Waals surface area contributed by atoms with Crippen LogP contribution in [0.1, 0.15) is 69.5 Å². The van der Waals surface area contributed by atoms with Gasteiger partial charge < -0.3 is 19.7 Å². The minimum Gasteiger partial charge on any atom is -0.438 e. The Morgan fingerprint density at radius 2 is 2.11 bits per heavy atom. The van der Waals surface area contributed by atoms with Crippen LogP contribution in [0, 0.1) is 5.92 Å². The molecule has 1 unspecified atom stereocenters. The Labute approximate surface area is 166 Å².